The summed E-state index contributed by atoms with van der Waals surface area (Å²) < 4.78 is 23.0. The Labute approximate surface area is 524 Å². The van der Waals surface area contributed by atoms with Gasteiger partial charge in [-0.1, -0.05) is 211 Å². The minimum atomic E-state index is -0.743. The van der Waals surface area contributed by atoms with E-state index < -0.39 is 17.1 Å². The molecule has 2 heterocycles. The van der Waals surface area contributed by atoms with Crippen LogP contribution >= 0.6 is 0 Å². The molecule has 0 aromatic heterocycles. The number of Topliss-reactive ketones (excluding diaryl/α,β-unsaturated/α-hetero) is 1. The van der Waals surface area contributed by atoms with Gasteiger partial charge in [0, 0.05) is 44.7 Å². The van der Waals surface area contributed by atoms with Crippen molar-refractivity contribution >= 4 is 34.6 Å². The number of nitrogens with zero attached hydrogens (tertiary/aromatic N) is 1. The maximum atomic E-state index is 12.3. The minimum absolute atomic E-state index is 0.191. The second-order valence-electron chi connectivity index (χ2n) is 27.4. The van der Waals surface area contributed by atoms with Crippen molar-refractivity contribution in [3.05, 3.63) is 47.6 Å². The zero-order chi connectivity index (χ0) is 61.6. The van der Waals surface area contributed by atoms with Crippen LogP contribution in [-0.4, -0.2) is 68.9 Å². The molecule has 8 atom stereocenters. The Bertz CT molecular complexity index is 2070. The lowest BCUT2D eigenvalue weighted by Gasteiger charge is -2.58. The summed E-state index contributed by atoms with van der Waals surface area (Å²) >= 11 is -0.743. The van der Waals surface area contributed by atoms with Crippen LogP contribution in [0.2, 0.25) is 0 Å². The quantitative estimate of drug-likeness (QED) is 0.0396. The van der Waals surface area contributed by atoms with Gasteiger partial charge in [-0.05, 0) is 175 Å². The third kappa shape index (κ3) is 27.7. The maximum Gasteiger partial charge on any atom is 0.303 e. The molecule has 486 valence electrons. The van der Waals surface area contributed by atoms with E-state index >= 15 is 0 Å². The van der Waals surface area contributed by atoms with E-state index in [1.807, 2.05) is 24.3 Å². The highest BCUT2D eigenvalue weighted by atomic mass is 32.2. The minimum Gasteiger partial charge on any atom is -0.616 e. The van der Waals surface area contributed by atoms with Crippen LogP contribution < -0.4 is 9.47 Å². The van der Waals surface area contributed by atoms with Gasteiger partial charge in [0.05, 0.1) is 0 Å². The van der Waals surface area contributed by atoms with E-state index in [4.69, 9.17) is 14.6 Å². The van der Waals surface area contributed by atoms with Crippen LogP contribution in [0.4, 0.5) is 0 Å². The number of hydrogen-bond acceptors (Lipinski definition) is 7. The Kier molecular flexibility index (Phi) is 38.1. The molecule has 4 fully saturated rings. The number of unbranched alkanes of at least 4 members (excludes halogenated alkanes) is 25. The standard InChI is InChI=1S/C21H30O2.C18H35NO.C18H28O3S.C18H34O2/c1-13(22)17-6-7-18-16-5-4-14-12-15(23)8-10-20(14,2)19(16)9-11-21(17,18)3;1-2-3-4-5-6-7-8-9-10-13-16-19-17-14-11-12-15-18(19)20;1-3-4-5-6-7-8-11-22(19)15(2)12-16-9-10-17-18(13-16)21-14-20-17;1-2-3-4-5-6-7-8-9-10-11-12-13-14-15-16-17-18(19)20/h12,16-19H,4-11H2,1-3H3;2-17H2,1H3;9-10,13,15H,3-8,11-12,14H2,1-2H3;9-10H,2-8,11-17H2,1H3,(H,19,20)/b;;;10-9-/t16-,17+,18-,19-,20-,21+;;;/m0.../s1. The van der Waals surface area contributed by atoms with Crippen LogP contribution in [0.5, 0.6) is 11.5 Å². The van der Waals surface area contributed by atoms with Crippen molar-refractivity contribution in [2.45, 2.75) is 330 Å². The number of carbonyl (C=O) groups excluding carboxylic acids is 3. The van der Waals surface area contributed by atoms with Gasteiger partial charge in [0.15, 0.2) is 17.3 Å². The number of aliphatic carboxylic acids is 1. The molecular formula is C75H127NO8S. The Hall–Kier alpha value is -3.11. The van der Waals surface area contributed by atoms with Gasteiger partial charge in [0.2, 0.25) is 12.7 Å². The number of rotatable bonds is 37. The lowest BCUT2D eigenvalue weighted by Crippen LogP contribution is -2.51. The van der Waals surface area contributed by atoms with Crippen molar-refractivity contribution in [2.75, 3.05) is 25.6 Å². The third-order valence-electron chi connectivity index (χ3n) is 20.7. The first-order valence-corrected chi connectivity index (χ1v) is 37.2. The fourth-order valence-corrected chi connectivity index (χ4v) is 16.6. The average molecular weight is 1200 g/mol. The molecule has 0 spiro atoms. The van der Waals surface area contributed by atoms with Gasteiger partial charge in [0.25, 0.3) is 0 Å². The second-order valence-corrected chi connectivity index (χ2v) is 29.4. The van der Waals surface area contributed by atoms with Gasteiger partial charge in [-0.25, -0.2) is 0 Å². The number of allylic oxidation sites excluding steroid dienone is 3. The topological polar surface area (TPSA) is 133 Å². The predicted molar refractivity (Wildman–Crippen MR) is 357 cm³/mol. The number of ketones is 2. The molecule has 7 rings (SSSR count). The number of likely N-dealkylation sites (tertiary alicyclic amines) is 1. The predicted octanol–water partition coefficient (Wildman–Crippen LogP) is 20.6. The molecule has 2 aliphatic heterocycles. The molecular weight excluding hydrogens is 1070 g/mol. The van der Waals surface area contributed by atoms with E-state index in [-0.39, 0.29) is 16.1 Å². The van der Waals surface area contributed by atoms with Crippen LogP contribution in [0.1, 0.15) is 324 Å². The number of carbonyl (C=O) groups is 4. The summed E-state index contributed by atoms with van der Waals surface area (Å²) in [6.45, 7) is 17.8. The van der Waals surface area contributed by atoms with E-state index in [1.165, 1.54) is 217 Å². The van der Waals surface area contributed by atoms with Crippen molar-refractivity contribution < 1.29 is 38.3 Å². The smallest absolute Gasteiger partial charge is 0.303 e. The van der Waals surface area contributed by atoms with Gasteiger partial charge >= 0.3 is 5.97 Å². The first-order chi connectivity index (χ1) is 41.2. The first kappa shape index (κ1) is 74.4. The van der Waals surface area contributed by atoms with Crippen molar-refractivity contribution in [3.63, 3.8) is 0 Å². The molecule has 1 N–H and O–H groups in total. The van der Waals surface area contributed by atoms with Crippen molar-refractivity contribution in [1.82, 2.24) is 4.90 Å². The molecule has 1 amide bonds. The zero-order valence-corrected chi connectivity index (χ0v) is 56.6. The van der Waals surface area contributed by atoms with Gasteiger partial charge in [-0.3, -0.25) is 19.2 Å². The number of ether oxygens (including phenoxy) is 2. The molecule has 10 heteroatoms. The van der Waals surface area contributed by atoms with Crippen molar-refractivity contribution in [3.8, 4) is 11.5 Å². The fourth-order valence-electron chi connectivity index (χ4n) is 15.4. The summed E-state index contributed by atoms with van der Waals surface area (Å²) in [4.78, 5) is 48.3. The fraction of sp³-hybridized carbons (Fsp3) is 0.813. The van der Waals surface area contributed by atoms with Crippen LogP contribution in [0.15, 0.2) is 42.0 Å². The number of hydrogen-bond donors (Lipinski definition) is 1. The first-order valence-electron chi connectivity index (χ1n) is 35.8. The van der Waals surface area contributed by atoms with Gasteiger partial charge in [-0.15, -0.1) is 0 Å². The highest BCUT2D eigenvalue weighted by molar-refractivity contribution is 7.92. The summed E-state index contributed by atoms with van der Waals surface area (Å²) in [6.07, 6.45) is 58.5. The molecule has 3 saturated carbocycles. The van der Waals surface area contributed by atoms with Gasteiger partial charge < -0.3 is 24.0 Å². The maximum absolute atomic E-state index is 12.3. The Morgan fingerprint density at radius 2 is 1.25 bits per heavy atom. The summed E-state index contributed by atoms with van der Waals surface area (Å²) in [5.74, 6) is 5.48. The van der Waals surface area contributed by atoms with Crippen molar-refractivity contribution in [1.29, 1.82) is 0 Å². The monoisotopic (exact) mass is 1200 g/mol. The lowest BCUT2D eigenvalue weighted by atomic mass is 9.47. The third-order valence-corrected chi connectivity index (χ3v) is 22.4. The number of carboxylic acids is 1. The largest absolute Gasteiger partial charge is 0.616 e. The number of benzene rings is 1. The summed E-state index contributed by atoms with van der Waals surface area (Å²) in [5.41, 5.74) is 3.12. The summed E-state index contributed by atoms with van der Waals surface area (Å²) in [6, 6.07) is 6.01. The van der Waals surface area contributed by atoms with E-state index in [0.29, 0.717) is 36.6 Å². The summed E-state index contributed by atoms with van der Waals surface area (Å²) in [5, 5.41) is 8.70. The molecule has 1 aromatic carbocycles. The Morgan fingerprint density at radius 1 is 0.671 bits per heavy atom. The van der Waals surface area contributed by atoms with Gasteiger partial charge in [-0.2, -0.15) is 0 Å². The van der Waals surface area contributed by atoms with Gasteiger partial charge in [0.1, 0.15) is 16.8 Å². The lowest BCUT2D eigenvalue weighted by molar-refractivity contribution is -0.137. The number of amides is 1. The van der Waals surface area contributed by atoms with Crippen LogP contribution in [0, 0.1) is 34.5 Å². The number of fused-ring (bicyclic) bond motifs is 6. The molecule has 1 saturated heterocycles. The van der Waals surface area contributed by atoms with Crippen molar-refractivity contribution in [2.24, 2.45) is 34.5 Å². The molecule has 1 aromatic rings. The van der Waals surface area contributed by atoms with Crippen LogP contribution in [0.3, 0.4) is 0 Å². The van der Waals surface area contributed by atoms with E-state index in [2.05, 4.69) is 58.6 Å². The molecule has 2 unspecified atom stereocenters. The molecule has 4 aliphatic carbocycles. The molecule has 9 nitrogen and oxygen atoms in total. The highest BCUT2D eigenvalue weighted by Crippen LogP contribution is 2.66. The molecule has 0 radical (unpaired) electrons. The molecule has 85 heavy (non-hydrogen) atoms. The Morgan fingerprint density at radius 3 is 1.86 bits per heavy atom. The SMILES string of the molecule is CC(=O)[C@H]1CC[C@H]2[C@@H]3CCC4=CC(=O)CC[C@]4(C)[C@H]3CC[C@]12C.CCCCCCCC/C=C\CCCCCCCC(=O)O.CCCCCCCCCCCCN1CCCCCC1=O.CCCCCCCC[S+]([O-])C(C)Cc1ccc2c(c1)OCO2. The number of carboxylic acid groups (broad SMARTS) is 1. The van der Waals surface area contributed by atoms with E-state index in [9.17, 15) is 23.7 Å². The van der Waals surface area contributed by atoms with E-state index in [1.54, 1.807) is 6.92 Å². The average Bonchev–Trinajstić information content (AvgIpc) is 1.95. The normalized spacial score (nSPS) is 23.9. The zero-order valence-electron chi connectivity index (χ0n) is 55.7. The Balaban J connectivity index is 0.000000244. The molecule has 0 bridgehead atoms. The van der Waals surface area contributed by atoms with Crippen LogP contribution in [-0.2, 0) is 36.8 Å². The molecule has 6 aliphatic rings. The second kappa shape index (κ2) is 43.5. The summed E-state index contributed by atoms with van der Waals surface area (Å²) in [7, 11) is 0. The van der Waals surface area contributed by atoms with E-state index in [0.717, 1.165) is 112 Å². The highest BCUT2D eigenvalue weighted by Gasteiger charge is 2.59. The van der Waals surface area contributed by atoms with Crippen LogP contribution in [0.25, 0.3) is 0 Å².